The summed E-state index contributed by atoms with van der Waals surface area (Å²) in [6, 6.07) is 3.74. The molecule has 3 rings (SSSR count). The van der Waals surface area contributed by atoms with Gasteiger partial charge in [-0.05, 0) is 18.6 Å². The van der Waals surface area contributed by atoms with E-state index < -0.39 is 0 Å². The molecule has 0 radical (unpaired) electrons. The van der Waals surface area contributed by atoms with E-state index in [-0.39, 0.29) is 12.0 Å². The number of morpholine rings is 1. The molecule has 7 nitrogen and oxygen atoms in total. The van der Waals surface area contributed by atoms with Gasteiger partial charge in [0.1, 0.15) is 11.9 Å². The zero-order valence-electron chi connectivity index (χ0n) is 11.8. The van der Waals surface area contributed by atoms with Gasteiger partial charge in [0.2, 0.25) is 5.91 Å². The van der Waals surface area contributed by atoms with Gasteiger partial charge in [0, 0.05) is 18.9 Å². The predicted molar refractivity (Wildman–Crippen MR) is 74.3 cm³/mol. The van der Waals surface area contributed by atoms with Crippen molar-refractivity contribution in [3.8, 4) is 0 Å². The maximum Gasteiger partial charge on any atom is 0.227 e. The van der Waals surface area contributed by atoms with E-state index in [1.165, 1.54) is 0 Å². The van der Waals surface area contributed by atoms with Crippen LogP contribution in [0.15, 0.2) is 24.5 Å². The van der Waals surface area contributed by atoms with Gasteiger partial charge in [-0.2, -0.15) is 5.10 Å². The van der Waals surface area contributed by atoms with Crippen molar-refractivity contribution in [1.29, 1.82) is 0 Å². The number of aryl methyl sites for hydroxylation is 1. The molecule has 1 aliphatic heterocycles. The highest BCUT2D eigenvalue weighted by atomic mass is 16.5. The van der Waals surface area contributed by atoms with Gasteiger partial charge in [0.05, 0.1) is 19.6 Å². The van der Waals surface area contributed by atoms with Crippen LogP contribution in [0.4, 0.5) is 0 Å². The summed E-state index contributed by atoms with van der Waals surface area (Å²) in [7, 11) is 0. The Hall–Kier alpha value is -2.28. The minimum Gasteiger partial charge on any atom is -0.366 e. The van der Waals surface area contributed by atoms with Crippen molar-refractivity contribution < 1.29 is 9.53 Å². The van der Waals surface area contributed by atoms with Crippen LogP contribution in [0.2, 0.25) is 0 Å². The van der Waals surface area contributed by atoms with Crippen molar-refractivity contribution in [3.63, 3.8) is 0 Å². The summed E-state index contributed by atoms with van der Waals surface area (Å²) in [4.78, 5) is 22.4. The zero-order valence-corrected chi connectivity index (χ0v) is 11.8. The average Bonchev–Trinajstić information content (AvgIpc) is 2.95. The highest BCUT2D eigenvalue weighted by molar-refractivity contribution is 5.78. The molecule has 1 fully saturated rings. The topological polar surface area (TPSA) is 84.0 Å². The van der Waals surface area contributed by atoms with Crippen LogP contribution in [0.25, 0.3) is 0 Å². The molecule has 7 heteroatoms. The number of hydrogen-bond acceptors (Lipinski definition) is 5. The number of hydrogen-bond donors (Lipinski definition) is 1. The number of rotatable bonds is 3. The van der Waals surface area contributed by atoms with E-state index >= 15 is 0 Å². The Morgan fingerprint density at radius 1 is 1.57 bits per heavy atom. The standard InChI is InChI=1S/C14H17N5O2/c1-10-16-14(18-17-10)12-9-19(5-6-21-12)13(20)7-11-3-2-4-15-8-11/h2-4,8,12H,5-7,9H2,1H3,(H,16,17,18)/t12-/m1/s1. The van der Waals surface area contributed by atoms with Gasteiger partial charge in [-0.3, -0.25) is 14.9 Å². The molecule has 1 N–H and O–H groups in total. The maximum atomic E-state index is 12.3. The van der Waals surface area contributed by atoms with Crippen molar-refractivity contribution in [3.05, 3.63) is 41.7 Å². The maximum absolute atomic E-state index is 12.3. The summed E-state index contributed by atoms with van der Waals surface area (Å²) < 4.78 is 5.66. The average molecular weight is 287 g/mol. The van der Waals surface area contributed by atoms with Gasteiger partial charge >= 0.3 is 0 Å². The van der Waals surface area contributed by atoms with Crippen LogP contribution in [-0.2, 0) is 16.0 Å². The molecule has 1 atom stereocenters. The molecule has 0 aromatic carbocycles. The highest BCUT2D eigenvalue weighted by Gasteiger charge is 2.27. The number of amides is 1. The summed E-state index contributed by atoms with van der Waals surface area (Å²) in [6.07, 6.45) is 3.51. The van der Waals surface area contributed by atoms with E-state index in [9.17, 15) is 4.79 Å². The van der Waals surface area contributed by atoms with Gasteiger partial charge in [-0.25, -0.2) is 4.98 Å². The lowest BCUT2D eigenvalue weighted by atomic mass is 10.1. The first kappa shape index (κ1) is 13.7. The fourth-order valence-corrected chi connectivity index (χ4v) is 2.33. The minimum absolute atomic E-state index is 0.0727. The van der Waals surface area contributed by atoms with Crippen molar-refractivity contribution in [2.45, 2.75) is 19.4 Å². The van der Waals surface area contributed by atoms with Gasteiger partial charge in [-0.1, -0.05) is 6.07 Å². The first-order valence-corrected chi connectivity index (χ1v) is 6.89. The van der Waals surface area contributed by atoms with Crippen molar-refractivity contribution in [2.75, 3.05) is 19.7 Å². The SMILES string of the molecule is Cc1nc([C@H]2CN(C(=O)Cc3cccnc3)CCO2)n[nH]1. The lowest BCUT2D eigenvalue weighted by Gasteiger charge is -2.31. The lowest BCUT2D eigenvalue weighted by molar-refractivity contribution is -0.138. The zero-order chi connectivity index (χ0) is 14.7. The van der Waals surface area contributed by atoms with Gasteiger partial charge in [-0.15, -0.1) is 0 Å². The molecule has 0 spiro atoms. The Labute approximate surface area is 122 Å². The Balaban J connectivity index is 1.64. The van der Waals surface area contributed by atoms with Crippen molar-refractivity contribution >= 4 is 5.91 Å². The van der Waals surface area contributed by atoms with E-state index in [0.717, 1.165) is 11.4 Å². The number of aromatic nitrogens is 4. The van der Waals surface area contributed by atoms with Crippen LogP contribution >= 0.6 is 0 Å². The fourth-order valence-electron chi connectivity index (χ4n) is 2.33. The molecule has 0 aliphatic carbocycles. The second-order valence-corrected chi connectivity index (χ2v) is 5.02. The first-order valence-electron chi connectivity index (χ1n) is 6.89. The molecule has 21 heavy (non-hydrogen) atoms. The summed E-state index contributed by atoms with van der Waals surface area (Å²) >= 11 is 0. The second kappa shape index (κ2) is 6.01. The van der Waals surface area contributed by atoms with Crippen LogP contribution in [-0.4, -0.2) is 50.7 Å². The molecule has 0 bridgehead atoms. The molecule has 1 aliphatic rings. The fraction of sp³-hybridized carbons (Fsp3) is 0.429. The summed E-state index contributed by atoms with van der Waals surface area (Å²) in [5.74, 6) is 1.42. The van der Waals surface area contributed by atoms with Gasteiger partial charge in [0.15, 0.2) is 5.82 Å². The van der Waals surface area contributed by atoms with Crippen LogP contribution in [0, 0.1) is 6.92 Å². The largest absolute Gasteiger partial charge is 0.366 e. The molecule has 0 unspecified atom stereocenters. The molecule has 110 valence electrons. The summed E-state index contributed by atoms with van der Waals surface area (Å²) in [5.41, 5.74) is 0.916. The first-order chi connectivity index (χ1) is 10.2. The molecule has 1 amide bonds. The van der Waals surface area contributed by atoms with Crippen LogP contribution in [0.1, 0.15) is 23.3 Å². The number of ether oxygens (including phenoxy) is 1. The Morgan fingerprint density at radius 3 is 3.19 bits per heavy atom. The molecule has 3 heterocycles. The van der Waals surface area contributed by atoms with Gasteiger partial charge in [0.25, 0.3) is 0 Å². The summed E-state index contributed by atoms with van der Waals surface area (Å²) in [5, 5.41) is 6.91. The van der Waals surface area contributed by atoms with E-state index in [2.05, 4.69) is 20.2 Å². The van der Waals surface area contributed by atoms with E-state index in [4.69, 9.17) is 4.74 Å². The van der Waals surface area contributed by atoms with Crippen LogP contribution < -0.4 is 0 Å². The van der Waals surface area contributed by atoms with Crippen LogP contribution in [0.5, 0.6) is 0 Å². The number of H-pyrrole nitrogens is 1. The third kappa shape index (κ3) is 3.25. The smallest absolute Gasteiger partial charge is 0.227 e. The third-order valence-corrected chi connectivity index (χ3v) is 3.40. The lowest BCUT2D eigenvalue weighted by Crippen LogP contribution is -2.43. The number of nitrogens with zero attached hydrogens (tertiary/aromatic N) is 4. The monoisotopic (exact) mass is 287 g/mol. The molecule has 1 saturated heterocycles. The molecule has 2 aromatic rings. The Bertz CT molecular complexity index is 613. The van der Waals surface area contributed by atoms with Crippen molar-refractivity contribution in [1.82, 2.24) is 25.1 Å². The molecular formula is C14H17N5O2. The molecule has 0 saturated carbocycles. The minimum atomic E-state index is -0.262. The Kier molecular flexibility index (Phi) is 3.92. The number of aromatic amines is 1. The number of carbonyl (C=O) groups excluding carboxylic acids is 1. The molecule has 2 aromatic heterocycles. The number of nitrogens with one attached hydrogen (secondary N) is 1. The van der Waals surface area contributed by atoms with Crippen LogP contribution in [0.3, 0.4) is 0 Å². The third-order valence-electron chi connectivity index (χ3n) is 3.40. The van der Waals surface area contributed by atoms with E-state index in [0.29, 0.717) is 31.9 Å². The van der Waals surface area contributed by atoms with E-state index in [1.54, 1.807) is 17.3 Å². The summed E-state index contributed by atoms with van der Waals surface area (Å²) in [6.45, 7) is 3.41. The number of pyridine rings is 1. The van der Waals surface area contributed by atoms with Crippen molar-refractivity contribution in [2.24, 2.45) is 0 Å². The highest BCUT2D eigenvalue weighted by Crippen LogP contribution is 2.19. The number of carbonyl (C=O) groups is 1. The quantitative estimate of drug-likeness (QED) is 0.896. The second-order valence-electron chi connectivity index (χ2n) is 5.02. The van der Waals surface area contributed by atoms with E-state index in [1.807, 2.05) is 19.1 Å². The Morgan fingerprint density at radius 2 is 2.48 bits per heavy atom. The van der Waals surface area contributed by atoms with Gasteiger partial charge < -0.3 is 9.64 Å². The normalized spacial score (nSPS) is 18.7. The molecular weight excluding hydrogens is 270 g/mol. The predicted octanol–water partition coefficient (Wildman–Crippen LogP) is 0.651.